The van der Waals surface area contributed by atoms with Crippen LogP contribution in [0.1, 0.15) is 19.8 Å². The highest BCUT2D eigenvalue weighted by Gasteiger charge is 2.02. The fraction of sp³-hybridized carbons (Fsp3) is 0.636. The minimum Gasteiger partial charge on any atom is -0.396 e. The molecule has 90 valence electrons. The summed E-state index contributed by atoms with van der Waals surface area (Å²) in [5, 5.41) is 12.7. The number of anilines is 1. The number of aryl methyl sites for hydroxylation is 1. The lowest BCUT2D eigenvalue weighted by Crippen LogP contribution is -2.25. The van der Waals surface area contributed by atoms with Crippen molar-refractivity contribution in [3.63, 3.8) is 0 Å². The Hall–Kier alpha value is -1.36. The average molecular weight is 225 g/mol. The predicted molar refractivity (Wildman–Crippen MR) is 63.8 cm³/mol. The van der Waals surface area contributed by atoms with E-state index in [1.54, 1.807) is 12.3 Å². The zero-order chi connectivity index (χ0) is 12.0. The molecule has 0 aliphatic heterocycles. The van der Waals surface area contributed by atoms with Gasteiger partial charge in [-0.05, 0) is 19.8 Å². The van der Waals surface area contributed by atoms with E-state index in [2.05, 4.69) is 5.10 Å². The summed E-state index contributed by atoms with van der Waals surface area (Å²) in [6.07, 6.45) is 3.17. The maximum absolute atomic E-state index is 11.7. The van der Waals surface area contributed by atoms with Gasteiger partial charge in [0.05, 0.1) is 11.9 Å². The first-order valence-corrected chi connectivity index (χ1v) is 5.58. The normalized spacial score (nSPS) is 10.4. The molecule has 0 atom stereocenters. The van der Waals surface area contributed by atoms with Crippen LogP contribution >= 0.6 is 0 Å². The van der Waals surface area contributed by atoms with Crippen molar-refractivity contribution in [2.24, 2.45) is 0 Å². The lowest BCUT2D eigenvalue weighted by Gasteiger charge is -2.16. The van der Waals surface area contributed by atoms with Crippen LogP contribution in [0.3, 0.4) is 0 Å². The highest BCUT2D eigenvalue weighted by atomic mass is 16.2. The molecule has 1 heterocycles. The maximum Gasteiger partial charge on any atom is 0.268 e. The molecule has 5 nitrogen and oxygen atoms in total. The second kappa shape index (κ2) is 6.27. The van der Waals surface area contributed by atoms with Gasteiger partial charge in [-0.3, -0.25) is 4.79 Å². The number of aromatic nitrogens is 2. The largest absolute Gasteiger partial charge is 0.396 e. The molecule has 0 aliphatic rings. The van der Waals surface area contributed by atoms with Crippen LogP contribution in [0.2, 0.25) is 0 Å². The van der Waals surface area contributed by atoms with E-state index in [4.69, 9.17) is 5.11 Å². The second-order valence-electron chi connectivity index (χ2n) is 3.72. The molecule has 5 heteroatoms. The molecule has 1 rings (SSSR count). The van der Waals surface area contributed by atoms with E-state index in [9.17, 15) is 4.79 Å². The molecule has 1 aromatic heterocycles. The number of unbranched alkanes of at least 4 members (excludes halogenated alkanes) is 1. The molecule has 0 amide bonds. The van der Waals surface area contributed by atoms with E-state index in [0.29, 0.717) is 13.0 Å². The molecule has 0 spiro atoms. The average Bonchev–Trinajstić information content (AvgIpc) is 2.30. The molecule has 0 aromatic carbocycles. The monoisotopic (exact) mass is 225 g/mol. The third-order valence-corrected chi connectivity index (χ3v) is 2.55. The van der Waals surface area contributed by atoms with Gasteiger partial charge in [-0.1, -0.05) is 0 Å². The molecule has 0 saturated carbocycles. The highest BCUT2D eigenvalue weighted by Crippen LogP contribution is 2.05. The van der Waals surface area contributed by atoms with E-state index < -0.39 is 0 Å². The van der Waals surface area contributed by atoms with Gasteiger partial charge in [0.25, 0.3) is 5.56 Å². The van der Waals surface area contributed by atoms with Crippen LogP contribution in [0.4, 0.5) is 5.69 Å². The van der Waals surface area contributed by atoms with Gasteiger partial charge in [0.1, 0.15) is 0 Å². The Morgan fingerprint density at radius 3 is 2.81 bits per heavy atom. The van der Waals surface area contributed by atoms with Crippen LogP contribution in [0, 0.1) is 0 Å². The Kier molecular flexibility index (Phi) is 4.98. The maximum atomic E-state index is 11.7. The summed E-state index contributed by atoms with van der Waals surface area (Å²) < 4.78 is 1.43. The molecule has 1 aromatic rings. The Labute approximate surface area is 95.3 Å². The van der Waals surface area contributed by atoms with Gasteiger partial charge in [-0.2, -0.15) is 5.10 Å². The van der Waals surface area contributed by atoms with Gasteiger partial charge in [0, 0.05) is 32.8 Å². The van der Waals surface area contributed by atoms with Crippen molar-refractivity contribution in [3.05, 3.63) is 22.6 Å². The summed E-state index contributed by atoms with van der Waals surface area (Å²) in [4.78, 5) is 13.6. The predicted octanol–water partition coefficient (Wildman–Crippen LogP) is 0.472. The fourth-order valence-electron chi connectivity index (χ4n) is 1.36. The van der Waals surface area contributed by atoms with Crippen LogP contribution in [0.15, 0.2) is 17.1 Å². The van der Waals surface area contributed by atoms with Crippen molar-refractivity contribution in [2.75, 3.05) is 25.1 Å². The van der Waals surface area contributed by atoms with E-state index in [0.717, 1.165) is 18.7 Å². The molecule has 16 heavy (non-hydrogen) atoms. The van der Waals surface area contributed by atoms with E-state index >= 15 is 0 Å². The molecule has 0 bridgehead atoms. The van der Waals surface area contributed by atoms with Crippen LogP contribution in [-0.4, -0.2) is 35.1 Å². The number of hydrogen-bond acceptors (Lipinski definition) is 4. The number of nitrogens with zero attached hydrogens (tertiary/aromatic N) is 3. The molecule has 0 aliphatic carbocycles. The van der Waals surface area contributed by atoms with Crippen LogP contribution in [0.5, 0.6) is 0 Å². The summed E-state index contributed by atoms with van der Waals surface area (Å²) in [6, 6.07) is 1.59. The first-order valence-electron chi connectivity index (χ1n) is 5.58. The van der Waals surface area contributed by atoms with E-state index in [1.165, 1.54) is 4.68 Å². The first kappa shape index (κ1) is 12.7. The van der Waals surface area contributed by atoms with Crippen molar-refractivity contribution in [1.82, 2.24) is 9.78 Å². The van der Waals surface area contributed by atoms with Crippen LogP contribution < -0.4 is 10.5 Å². The SMILES string of the molecule is CCN(C)c1cnn(CCCCO)c(=O)c1. The summed E-state index contributed by atoms with van der Waals surface area (Å²) in [7, 11) is 1.92. The molecule has 0 unspecified atom stereocenters. The van der Waals surface area contributed by atoms with Crippen molar-refractivity contribution in [3.8, 4) is 0 Å². The minimum absolute atomic E-state index is 0.0873. The third kappa shape index (κ3) is 3.34. The lowest BCUT2D eigenvalue weighted by atomic mass is 10.3. The second-order valence-corrected chi connectivity index (χ2v) is 3.72. The minimum atomic E-state index is -0.0873. The van der Waals surface area contributed by atoms with Gasteiger partial charge >= 0.3 is 0 Å². The number of aliphatic hydroxyl groups is 1. The van der Waals surface area contributed by atoms with Crippen molar-refractivity contribution < 1.29 is 5.11 Å². The zero-order valence-electron chi connectivity index (χ0n) is 9.89. The Bertz CT molecular complexity index is 376. The first-order chi connectivity index (χ1) is 7.69. The van der Waals surface area contributed by atoms with Crippen molar-refractivity contribution >= 4 is 5.69 Å². The standard InChI is InChI=1S/C11H19N3O2/c1-3-13(2)10-8-11(16)14(12-9-10)6-4-5-7-15/h8-9,15H,3-7H2,1-2H3. The van der Waals surface area contributed by atoms with Gasteiger partial charge in [0.2, 0.25) is 0 Å². The molecular formula is C11H19N3O2. The topological polar surface area (TPSA) is 58.4 Å². The Morgan fingerprint density at radius 1 is 1.50 bits per heavy atom. The number of rotatable bonds is 6. The summed E-state index contributed by atoms with van der Waals surface area (Å²) in [5.41, 5.74) is 0.752. The molecule has 1 N–H and O–H groups in total. The fourth-order valence-corrected chi connectivity index (χ4v) is 1.36. The zero-order valence-corrected chi connectivity index (χ0v) is 9.89. The Morgan fingerprint density at radius 2 is 2.25 bits per heavy atom. The smallest absolute Gasteiger partial charge is 0.268 e. The molecule has 0 radical (unpaired) electrons. The summed E-state index contributed by atoms with van der Waals surface area (Å²) in [6.45, 7) is 3.59. The van der Waals surface area contributed by atoms with Crippen LogP contribution in [-0.2, 0) is 6.54 Å². The van der Waals surface area contributed by atoms with E-state index in [1.807, 2.05) is 18.9 Å². The molecule has 0 fully saturated rings. The third-order valence-electron chi connectivity index (χ3n) is 2.55. The van der Waals surface area contributed by atoms with Gasteiger partial charge < -0.3 is 10.0 Å². The highest BCUT2D eigenvalue weighted by molar-refractivity contribution is 5.41. The lowest BCUT2D eigenvalue weighted by molar-refractivity contribution is 0.279. The molecule has 0 saturated heterocycles. The summed E-state index contributed by atoms with van der Waals surface area (Å²) in [5.74, 6) is 0. The molecular weight excluding hydrogens is 206 g/mol. The summed E-state index contributed by atoms with van der Waals surface area (Å²) >= 11 is 0. The van der Waals surface area contributed by atoms with Gasteiger partial charge in [-0.25, -0.2) is 4.68 Å². The van der Waals surface area contributed by atoms with Crippen molar-refractivity contribution in [1.29, 1.82) is 0 Å². The van der Waals surface area contributed by atoms with E-state index in [-0.39, 0.29) is 12.2 Å². The number of aliphatic hydroxyl groups excluding tert-OH is 1. The Balaban J connectivity index is 2.72. The quantitative estimate of drug-likeness (QED) is 0.715. The number of hydrogen-bond donors (Lipinski definition) is 1. The van der Waals surface area contributed by atoms with Gasteiger partial charge in [-0.15, -0.1) is 0 Å². The van der Waals surface area contributed by atoms with Crippen molar-refractivity contribution in [2.45, 2.75) is 26.3 Å². The van der Waals surface area contributed by atoms with Crippen LogP contribution in [0.25, 0.3) is 0 Å². The van der Waals surface area contributed by atoms with Gasteiger partial charge in [0.15, 0.2) is 0 Å².